The summed E-state index contributed by atoms with van der Waals surface area (Å²) in [5, 5.41) is 12.8. The smallest absolute Gasteiger partial charge is 0.287 e. The molecular weight excluding hydrogens is 318 g/mol. The van der Waals surface area contributed by atoms with Crippen LogP contribution in [0.3, 0.4) is 0 Å². The first-order valence-corrected chi connectivity index (χ1v) is 7.59. The fourth-order valence-corrected chi connectivity index (χ4v) is 2.88. The second-order valence-electron chi connectivity index (χ2n) is 4.85. The number of amides is 2. The highest BCUT2D eigenvalue weighted by Crippen LogP contribution is 2.22. The normalized spacial score (nSPS) is 12.1. The molecular formula is C15H13N3O4S. The Morgan fingerprint density at radius 2 is 2.09 bits per heavy atom. The number of hydrogen-bond donors (Lipinski definition) is 3. The lowest BCUT2D eigenvalue weighted by Crippen LogP contribution is -2.26. The van der Waals surface area contributed by atoms with Gasteiger partial charge < -0.3 is 9.73 Å². The molecule has 0 aliphatic heterocycles. The van der Waals surface area contributed by atoms with Crippen LogP contribution >= 0.6 is 11.3 Å². The van der Waals surface area contributed by atoms with E-state index < -0.39 is 11.9 Å². The van der Waals surface area contributed by atoms with E-state index >= 15 is 0 Å². The summed E-state index contributed by atoms with van der Waals surface area (Å²) in [4.78, 5) is 27.9. The van der Waals surface area contributed by atoms with Crippen molar-refractivity contribution in [1.82, 2.24) is 15.8 Å². The van der Waals surface area contributed by atoms with Crippen LogP contribution in [0.4, 0.5) is 0 Å². The van der Waals surface area contributed by atoms with E-state index in [2.05, 4.69) is 10.3 Å². The van der Waals surface area contributed by atoms with Crippen LogP contribution in [0.1, 0.15) is 38.2 Å². The van der Waals surface area contributed by atoms with Crippen LogP contribution in [0.15, 0.2) is 40.9 Å². The number of thiazole rings is 1. The number of nitrogens with zero attached hydrogens (tertiary/aromatic N) is 1. The van der Waals surface area contributed by atoms with Gasteiger partial charge in [0, 0.05) is 5.39 Å². The first kappa shape index (κ1) is 15.2. The molecule has 0 aliphatic rings. The van der Waals surface area contributed by atoms with Gasteiger partial charge in [-0.05, 0) is 19.1 Å². The molecule has 0 bridgehead atoms. The average Bonchev–Trinajstić information content (AvgIpc) is 3.20. The van der Waals surface area contributed by atoms with Crippen molar-refractivity contribution < 1.29 is 19.2 Å². The highest BCUT2D eigenvalue weighted by molar-refractivity contribution is 7.13. The van der Waals surface area contributed by atoms with Crippen molar-refractivity contribution >= 4 is 34.1 Å². The molecule has 0 saturated heterocycles. The third-order valence-electron chi connectivity index (χ3n) is 3.22. The van der Waals surface area contributed by atoms with E-state index in [0.717, 1.165) is 16.7 Å². The average molecular weight is 331 g/mol. The van der Waals surface area contributed by atoms with E-state index in [1.807, 2.05) is 18.2 Å². The van der Waals surface area contributed by atoms with E-state index in [1.165, 1.54) is 6.20 Å². The van der Waals surface area contributed by atoms with Gasteiger partial charge in [0.05, 0.1) is 12.2 Å². The Morgan fingerprint density at radius 1 is 1.30 bits per heavy atom. The lowest BCUT2D eigenvalue weighted by molar-refractivity contribution is 0.0710. The van der Waals surface area contributed by atoms with E-state index in [9.17, 15) is 9.59 Å². The second-order valence-corrected chi connectivity index (χ2v) is 5.91. The number of fused-ring (bicyclic) bond motifs is 1. The predicted molar refractivity (Wildman–Crippen MR) is 83.5 cm³/mol. The van der Waals surface area contributed by atoms with Crippen LogP contribution in [0.5, 0.6) is 0 Å². The number of hydroxylamine groups is 1. The number of benzene rings is 1. The van der Waals surface area contributed by atoms with Gasteiger partial charge in [-0.1, -0.05) is 18.2 Å². The molecule has 0 spiro atoms. The Morgan fingerprint density at radius 3 is 2.83 bits per heavy atom. The number of aromatic nitrogens is 1. The molecule has 3 rings (SSSR count). The minimum atomic E-state index is -0.635. The number of furan rings is 1. The molecule has 3 aromatic rings. The summed E-state index contributed by atoms with van der Waals surface area (Å²) in [7, 11) is 0. The predicted octanol–water partition coefficient (Wildman–Crippen LogP) is 2.50. The summed E-state index contributed by atoms with van der Waals surface area (Å²) >= 11 is 1.09. The Kier molecular flexibility index (Phi) is 4.09. The maximum Gasteiger partial charge on any atom is 0.287 e. The number of carbonyl (C=O) groups is 2. The Bertz CT molecular complexity index is 837. The van der Waals surface area contributed by atoms with Gasteiger partial charge in [-0.15, -0.1) is 11.3 Å². The molecule has 2 aromatic heterocycles. The summed E-state index contributed by atoms with van der Waals surface area (Å²) in [6.07, 6.45) is 1.34. The van der Waals surface area contributed by atoms with Crippen LogP contribution in [0.2, 0.25) is 0 Å². The minimum absolute atomic E-state index is 0.211. The van der Waals surface area contributed by atoms with Crippen LogP contribution in [-0.2, 0) is 0 Å². The first-order chi connectivity index (χ1) is 11.1. The maximum absolute atomic E-state index is 12.2. The third kappa shape index (κ3) is 3.08. The largest absolute Gasteiger partial charge is 0.451 e. The summed E-state index contributed by atoms with van der Waals surface area (Å²) in [5.41, 5.74) is 2.18. The molecule has 3 N–H and O–H groups in total. The lowest BCUT2D eigenvalue weighted by Gasteiger charge is -2.09. The van der Waals surface area contributed by atoms with Crippen LogP contribution in [0.25, 0.3) is 11.0 Å². The third-order valence-corrected chi connectivity index (χ3v) is 4.40. The van der Waals surface area contributed by atoms with Gasteiger partial charge in [-0.3, -0.25) is 14.8 Å². The molecule has 1 aromatic carbocycles. The molecule has 118 valence electrons. The number of para-hydroxylation sites is 1. The number of carbonyl (C=O) groups excluding carboxylic acids is 2. The van der Waals surface area contributed by atoms with Gasteiger partial charge in [0.25, 0.3) is 11.8 Å². The summed E-state index contributed by atoms with van der Waals surface area (Å²) in [6, 6.07) is 8.62. The minimum Gasteiger partial charge on any atom is -0.451 e. The highest BCUT2D eigenvalue weighted by Gasteiger charge is 2.19. The first-order valence-electron chi connectivity index (χ1n) is 6.78. The summed E-state index contributed by atoms with van der Waals surface area (Å²) < 4.78 is 5.50. The molecule has 0 fully saturated rings. The van der Waals surface area contributed by atoms with Crippen LogP contribution in [0, 0.1) is 0 Å². The van der Waals surface area contributed by atoms with E-state index in [4.69, 9.17) is 9.62 Å². The quantitative estimate of drug-likeness (QED) is 0.503. The number of hydrogen-bond acceptors (Lipinski definition) is 6. The number of rotatable bonds is 4. The fourth-order valence-electron chi connectivity index (χ4n) is 2.07. The monoisotopic (exact) mass is 331 g/mol. The van der Waals surface area contributed by atoms with Gasteiger partial charge in [-0.25, -0.2) is 10.5 Å². The Balaban J connectivity index is 1.74. The van der Waals surface area contributed by atoms with Gasteiger partial charge in [0.1, 0.15) is 15.5 Å². The zero-order valence-corrected chi connectivity index (χ0v) is 12.9. The molecule has 0 aliphatic carbocycles. The zero-order chi connectivity index (χ0) is 16.4. The SMILES string of the molecule is C[C@H](NC(=O)c1cc2ccccc2o1)c1ncc(C(=O)NO)s1. The molecule has 0 unspecified atom stereocenters. The van der Waals surface area contributed by atoms with Crippen molar-refractivity contribution in [2.24, 2.45) is 0 Å². The molecule has 7 nitrogen and oxygen atoms in total. The molecule has 23 heavy (non-hydrogen) atoms. The lowest BCUT2D eigenvalue weighted by atomic mass is 10.2. The zero-order valence-electron chi connectivity index (χ0n) is 12.1. The molecule has 2 heterocycles. The van der Waals surface area contributed by atoms with Gasteiger partial charge in [0.15, 0.2) is 5.76 Å². The van der Waals surface area contributed by atoms with Crippen molar-refractivity contribution in [3.8, 4) is 0 Å². The topological polar surface area (TPSA) is 104 Å². The van der Waals surface area contributed by atoms with Gasteiger partial charge in [-0.2, -0.15) is 0 Å². The Labute approximate surface area is 134 Å². The highest BCUT2D eigenvalue weighted by atomic mass is 32.1. The van der Waals surface area contributed by atoms with E-state index in [0.29, 0.717) is 10.6 Å². The molecule has 1 atom stereocenters. The van der Waals surface area contributed by atoms with Crippen molar-refractivity contribution in [3.05, 3.63) is 52.2 Å². The number of nitrogens with one attached hydrogen (secondary N) is 2. The standard InChI is InChI=1S/C15H13N3O4S/c1-8(15-16-7-12(23-15)14(20)18-21)17-13(19)11-6-9-4-2-3-5-10(9)22-11/h2-8,21H,1H3,(H,17,19)(H,18,20)/t8-/m0/s1. The van der Waals surface area contributed by atoms with Crippen molar-refractivity contribution in [2.45, 2.75) is 13.0 Å². The van der Waals surface area contributed by atoms with Gasteiger partial charge >= 0.3 is 0 Å². The summed E-state index contributed by atoms with van der Waals surface area (Å²) in [5.74, 6) is -0.787. The molecule has 0 saturated carbocycles. The Hall–Kier alpha value is -2.71. The molecule has 8 heteroatoms. The van der Waals surface area contributed by atoms with E-state index in [1.54, 1.807) is 24.5 Å². The van der Waals surface area contributed by atoms with Crippen molar-refractivity contribution in [3.63, 3.8) is 0 Å². The summed E-state index contributed by atoms with van der Waals surface area (Å²) in [6.45, 7) is 1.75. The fraction of sp³-hybridized carbons (Fsp3) is 0.133. The molecule has 2 amide bonds. The van der Waals surface area contributed by atoms with Crippen molar-refractivity contribution in [1.29, 1.82) is 0 Å². The maximum atomic E-state index is 12.2. The van der Waals surface area contributed by atoms with Crippen LogP contribution in [-0.4, -0.2) is 22.0 Å². The van der Waals surface area contributed by atoms with Gasteiger partial charge in [0.2, 0.25) is 0 Å². The van der Waals surface area contributed by atoms with Crippen molar-refractivity contribution in [2.75, 3.05) is 0 Å². The van der Waals surface area contributed by atoms with E-state index in [-0.39, 0.29) is 16.5 Å². The second kappa shape index (κ2) is 6.19. The van der Waals surface area contributed by atoms with Crippen LogP contribution < -0.4 is 10.8 Å². The molecule has 0 radical (unpaired) electrons.